The molecule has 1 fully saturated rings. The van der Waals surface area contributed by atoms with Crippen LogP contribution in [0.15, 0.2) is 30.3 Å². The fourth-order valence-corrected chi connectivity index (χ4v) is 2.44. The first-order chi connectivity index (χ1) is 9.69. The van der Waals surface area contributed by atoms with Crippen LogP contribution < -0.4 is 0 Å². The van der Waals surface area contributed by atoms with E-state index < -0.39 is 29.9 Å². The number of rotatable bonds is 5. The molecule has 0 radical (unpaired) electrons. The summed E-state index contributed by atoms with van der Waals surface area (Å²) in [7, 11) is 1.49. The van der Waals surface area contributed by atoms with E-state index in [2.05, 4.69) is 0 Å². The van der Waals surface area contributed by atoms with Gasteiger partial charge >= 0.3 is 11.9 Å². The van der Waals surface area contributed by atoms with Crippen LogP contribution in [0.2, 0.25) is 0 Å². The standard InChI is InChI=1S/C15H18O5/c1-3-19-15(17)12-11(9-18-2)14(16)20-13(12)10-7-5-4-6-8-10/h4-8,11-13H,3,9H2,1-2H3. The molecule has 108 valence electrons. The van der Waals surface area contributed by atoms with E-state index in [0.717, 1.165) is 5.56 Å². The number of ether oxygens (including phenoxy) is 3. The summed E-state index contributed by atoms with van der Waals surface area (Å²) in [5.41, 5.74) is 0.789. The van der Waals surface area contributed by atoms with E-state index >= 15 is 0 Å². The van der Waals surface area contributed by atoms with Gasteiger partial charge in [0.05, 0.1) is 19.1 Å². The van der Waals surface area contributed by atoms with Gasteiger partial charge in [0.25, 0.3) is 0 Å². The minimum atomic E-state index is -0.662. The Morgan fingerprint density at radius 2 is 2.00 bits per heavy atom. The number of carbonyl (C=O) groups excluding carboxylic acids is 2. The van der Waals surface area contributed by atoms with Crippen molar-refractivity contribution in [2.45, 2.75) is 13.0 Å². The van der Waals surface area contributed by atoms with Crippen LogP contribution in [0.1, 0.15) is 18.6 Å². The highest BCUT2D eigenvalue weighted by atomic mass is 16.6. The van der Waals surface area contributed by atoms with Crippen molar-refractivity contribution in [1.82, 2.24) is 0 Å². The zero-order chi connectivity index (χ0) is 14.5. The van der Waals surface area contributed by atoms with Crippen LogP contribution in [0.4, 0.5) is 0 Å². The summed E-state index contributed by atoms with van der Waals surface area (Å²) in [4.78, 5) is 24.1. The summed E-state index contributed by atoms with van der Waals surface area (Å²) >= 11 is 0. The predicted molar refractivity (Wildman–Crippen MR) is 70.8 cm³/mol. The van der Waals surface area contributed by atoms with Crippen molar-refractivity contribution in [3.8, 4) is 0 Å². The zero-order valence-electron chi connectivity index (χ0n) is 11.6. The maximum Gasteiger partial charge on any atom is 0.314 e. The van der Waals surface area contributed by atoms with Crippen molar-refractivity contribution >= 4 is 11.9 Å². The number of hydrogen-bond donors (Lipinski definition) is 0. The maximum absolute atomic E-state index is 12.1. The van der Waals surface area contributed by atoms with Crippen LogP contribution in [0.25, 0.3) is 0 Å². The highest BCUT2D eigenvalue weighted by Crippen LogP contribution is 2.40. The zero-order valence-corrected chi connectivity index (χ0v) is 11.6. The molecule has 1 aliphatic heterocycles. The molecule has 0 spiro atoms. The molecule has 2 rings (SSSR count). The minimum absolute atomic E-state index is 0.144. The Morgan fingerprint density at radius 1 is 1.30 bits per heavy atom. The van der Waals surface area contributed by atoms with E-state index in [1.54, 1.807) is 6.92 Å². The highest BCUT2D eigenvalue weighted by molar-refractivity contribution is 5.86. The lowest BCUT2D eigenvalue weighted by atomic mass is 9.87. The van der Waals surface area contributed by atoms with E-state index in [1.807, 2.05) is 30.3 Å². The molecule has 1 aromatic carbocycles. The Morgan fingerprint density at radius 3 is 2.60 bits per heavy atom. The van der Waals surface area contributed by atoms with Gasteiger partial charge < -0.3 is 14.2 Å². The Hall–Kier alpha value is -1.88. The van der Waals surface area contributed by atoms with Crippen LogP contribution in [-0.2, 0) is 23.8 Å². The third-order valence-corrected chi connectivity index (χ3v) is 3.34. The molecule has 1 aliphatic rings. The number of hydrogen-bond acceptors (Lipinski definition) is 5. The molecule has 1 heterocycles. The Balaban J connectivity index is 2.30. The third-order valence-electron chi connectivity index (χ3n) is 3.34. The molecule has 0 N–H and O–H groups in total. The average Bonchev–Trinajstić information content (AvgIpc) is 2.78. The third kappa shape index (κ3) is 2.82. The lowest BCUT2D eigenvalue weighted by Crippen LogP contribution is -2.30. The molecule has 5 heteroatoms. The topological polar surface area (TPSA) is 61.8 Å². The van der Waals surface area contributed by atoms with E-state index in [-0.39, 0.29) is 13.2 Å². The summed E-state index contributed by atoms with van der Waals surface area (Å²) < 4.78 is 15.5. The Labute approximate surface area is 117 Å². The molecule has 3 atom stereocenters. The fourth-order valence-electron chi connectivity index (χ4n) is 2.44. The van der Waals surface area contributed by atoms with E-state index in [1.165, 1.54) is 7.11 Å². The highest BCUT2D eigenvalue weighted by Gasteiger charge is 2.50. The normalized spacial score (nSPS) is 25.3. The number of esters is 2. The van der Waals surface area contributed by atoms with E-state index in [4.69, 9.17) is 14.2 Å². The smallest absolute Gasteiger partial charge is 0.314 e. The first-order valence-electron chi connectivity index (χ1n) is 6.60. The quantitative estimate of drug-likeness (QED) is 0.767. The van der Waals surface area contributed by atoms with Crippen molar-refractivity contribution in [3.05, 3.63) is 35.9 Å². The van der Waals surface area contributed by atoms with Crippen molar-refractivity contribution in [1.29, 1.82) is 0 Å². The minimum Gasteiger partial charge on any atom is -0.466 e. The van der Waals surface area contributed by atoms with Gasteiger partial charge in [-0.25, -0.2) is 0 Å². The number of cyclic esters (lactones) is 1. The number of methoxy groups -OCH3 is 1. The van der Waals surface area contributed by atoms with Crippen LogP contribution in [0, 0.1) is 11.8 Å². The van der Waals surface area contributed by atoms with Gasteiger partial charge in [-0.05, 0) is 12.5 Å². The first kappa shape index (κ1) is 14.5. The Bertz CT molecular complexity index is 470. The lowest BCUT2D eigenvalue weighted by Gasteiger charge is -2.19. The van der Waals surface area contributed by atoms with Crippen molar-refractivity contribution in [2.24, 2.45) is 11.8 Å². The van der Waals surface area contributed by atoms with Crippen LogP contribution >= 0.6 is 0 Å². The molecule has 0 saturated carbocycles. The van der Waals surface area contributed by atoms with Gasteiger partial charge in [0.2, 0.25) is 0 Å². The van der Waals surface area contributed by atoms with Gasteiger partial charge in [0.15, 0.2) is 0 Å². The van der Waals surface area contributed by atoms with Gasteiger partial charge in [-0.15, -0.1) is 0 Å². The van der Waals surface area contributed by atoms with Gasteiger partial charge in [0.1, 0.15) is 12.0 Å². The van der Waals surface area contributed by atoms with E-state index in [0.29, 0.717) is 0 Å². The molecule has 5 nitrogen and oxygen atoms in total. The monoisotopic (exact) mass is 278 g/mol. The molecule has 1 saturated heterocycles. The molecule has 20 heavy (non-hydrogen) atoms. The molecule has 1 aromatic rings. The Kier molecular flexibility index (Phi) is 4.74. The van der Waals surface area contributed by atoms with Crippen molar-refractivity contribution in [3.63, 3.8) is 0 Å². The van der Waals surface area contributed by atoms with Crippen molar-refractivity contribution in [2.75, 3.05) is 20.3 Å². The average molecular weight is 278 g/mol. The SMILES string of the molecule is CCOC(=O)C1C(COC)C(=O)OC1c1ccccc1. The predicted octanol–water partition coefficient (Wildman–Crippen LogP) is 1.73. The lowest BCUT2D eigenvalue weighted by molar-refractivity contribution is -0.151. The van der Waals surface area contributed by atoms with Gasteiger partial charge in [-0.2, -0.15) is 0 Å². The molecule has 0 bridgehead atoms. The fraction of sp³-hybridized carbons (Fsp3) is 0.467. The summed E-state index contributed by atoms with van der Waals surface area (Å²) in [6, 6.07) is 9.22. The number of benzene rings is 1. The summed E-state index contributed by atoms with van der Waals surface area (Å²) in [5.74, 6) is -2.12. The number of carbonyl (C=O) groups is 2. The molecular weight excluding hydrogens is 260 g/mol. The molecule has 3 unspecified atom stereocenters. The van der Waals surface area contributed by atoms with Gasteiger partial charge in [-0.3, -0.25) is 9.59 Å². The molecule has 0 amide bonds. The van der Waals surface area contributed by atoms with Crippen LogP contribution in [-0.4, -0.2) is 32.3 Å². The first-order valence-corrected chi connectivity index (χ1v) is 6.60. The molecule has 0 aliphatic carbocycles. The molecular formula is C15H18O5. The second-order valence-corrected chi connectivity index (χ2v) is 4.61. The summed E-state index contributed by atoms with van der Waals surface area (Å²) in [6.07, 6.45) is -0.608. The maximum atomic E-state index is 12.1. The van der Waals surface area contributed by atoms with E-state index in [9.17, 15) is 9.59 Å². The second kappa shape index (κ2) is 6.52. The summed E-state index contributed by atoms with van der Waals surface area (Å²) in [5, 5.41) is 0. The summed E-state index contributed by atoms with van der Waals surface area (Å²) in [6.45, 7) is 2.15. The van der Waals surface area contributed by atoms with Gasteiger partial charge in [-0.1, -0.05) is 30.3 Å². The second-order valence-electron chi connectivity index (χ2n) is 4.61. The largest absolute Gasteiger partial charge is 0.466 e. The van der Waals surface area contributed by atoms with Gasteiger partial charge in [0, 0.05) is 7.11 Å². The molecule has 0 aromatic heterocycles. The van der Waals surface area contributed by atoms with Crippen LogP contribution in [0.5, 0.6) is 0 Å². The van der Waals surface area contributed by atoms with Crippen LogP contribution in [0.3, 0.4) is 0 Å². The van der Waals surface area contributed by atoms with Crippen molar-refractivity contribution < 1.29 is 23.8 Å².